The van der Waals surface area contributed by atoms with Gasteiger partial charge in [-0.3, -0.25) is 0 Å². The summed E-state index contributed by atoms with van der Waals surface area (Å²) in [6, 6.07) is 6.66. The molecule has 1 aromatic rings. The molecule has 0 saturated carbocycles. The van der Waals surface area contributed by atoms with Crippen LogP contribution in [0, 0.1) is 13.8 Å². The molecule has 0 N–H and O–H groups in total. The van der Waals surface area contributed by atoms with Crippen molar-refractivity contribution >= 4 is 0 Å². The lowest BCUT2D eigenvalue weighted by Crippen LogP contribution is -1.93. The molecule has 0 radical (unpaired) electrons. The van der Waals surface area contributed by atoms with Crippen LogP contribution in [0.4, 0.5) is 0 Å². The summed E-state index contributed by atoms with van der Waals surface area (Å²) < 4.78 is 0. The van der Waals surface area contributed by atoms with Gasteiger partial charge in [-0.15, -0.1) is 0 Å². The molecule has 70 valence electrons. The van der Waals surface area contributed by atoms with Gasteiger partial charge in [0.1, 0.15) is 0 Å². The topological polar surface area (TPSA) is 0 Å². The van der Waals surface area contributed by atoms with E-state index >= 15 is 0 Å². The van der Waals surface area contributed by atoms with Crippen molar-refractivity contribution in [2.75, 3.05) is 0 Å². The van der Waals surface area contributed by atoms with Gasteiger partial charge in [-0.1, -0.05) is 42.8 Å². The lowest BCUT2D eigenvalue weighted by atomic mass is 9.95. The predicted molar refractivity (Wildman–Crippen MR) is 59.1 cm³/mol. The van der Waals surface area contributed by atoms with Crippen LogP contribution in [0.25, 0.3) is 0 Å². The Kier molecular flexibility index (Phi) is 3.30. The van der Waals surface area contributed by atoms with Crippen LogP contribution in [-0.2, 0) is 0 Å². The molecule has 0 bridgehead atoms. The molecule has 0 amide bonds. The minimum atomic E-state index is 0.533. The standard InChI is InChI=1S/C13H18/c1-5-6-11(3)13-8-7-10(2)9-12(13)4/h5-9,11H,1-4H3/b6-5+. The third kappa shape index (κ3) is 2.45. The Bertz CT molecular complexity index is 308. The fourth-order valence-electron chi connectivity index (χ4n) is 1.73. The monoisotopic (exact) mass is 174 g/mol. The molecule has 0 aliphatic carbocycles. The second-order valence-corrected chi connectivity index (χ2v) is 3.67. The van der Waals surface area contributed by atoms with E-state index in [1.54, 1.807) is 0 Å². The van der Waals surface area contributed by atoms with E-state index in [0.717, 1.165) is 0 Å². The predicted octanol–water partition coefficient (Wildman–Crippen LogP) is 3.98. The molecule has 13 heavy (non-hydrogen) atoms. The van der Waals surface area contributed by atoms with E-state index in [-0.39, 0.29) is 0 Å². The molecular weight excluding hydrogens is 156 g/mol. The second-order valence-electron chi connectivity index (χ2n) is 3.67. The highest BCUT2D eigenvalue weighted by Crippen LogP contribution is 2.21. The van der Waals surface area contributed by atoms with E-state index in [4.69, 9.17) is 0 Å². The van der Waals surface area contributed by atoms with Gasteiger partial charge in [0.25, 0.3) is 0 Å². The third-order valence-electron chi connectivity index (χ3n) is 2.40. The molecule has 0 heterocycles. The largest absolute Gasteiger partial charge is 0.0911 e. The van der Waals surface area contributed by atoms with Crippen molar-refractivity contribution in [1.82, 2.24) is 0 Å². The Morgan fingerprint density at radius 2 is 1.92 bits per heavy atom. The Morgan fingerprint density at radius 1 is 1.23 bits per heavy atom. The minimum absolute atomic E-state index is 0.533. The highest BCUT2D eigenvalue weighted by molar-refractivity contribution is 5.34. The molecule has 0 fully saturated rings. The van der Waals surface area contributed by atoms with Crippen LogP contribution in [0.15, 0.2) is 30.4 Å². The molecule has 0 spiro atoms. The zero-order valence-electron chi connectivity index (χ0n) is 8.96. The molecule has 0 aliphatic rings. The molecule has 1 rings (SSSR count). The smallest absolute Gasteiger partial charge is 0.000792 e. The second kappa shape index (κ2) is 4.27. The normalized spacial score (nSPS) is 13.5. The van der Waals surface area contributed by atoms with Crippen LogP contribution in [-0.4, -0.2) is 0 Å². The average Bonchev–Trinajstić information content (AvgIpc) is 2.04. The Balaban J connectivity index is 3.01. The van der Waals surface area contributed by atoms with Gasteiger partial charge in [0, 0.05) is 0 Å². The number of hydrogen-bond donors (Lipinski definition) is 0. The van der Waals surface area contributed by atoms with E-state index in [1.807, 2.05) is 0 Å². The lowest BCUT2D eigenvalue weighted by molar-refractivity contribution is 0.948. The molecule has 0 aliphatic heterocycles. The van der Waals surface area contributed by atoms with Crippen molar-refractivity contribution in [2.24, 2.45) is 0 Å². The Hall–Kier alpha value is -1.04. The highest BCUT2D eigenvalue weighted by Gasteiger charge is 2.03. The summed E-state index contributed by atoms with van der Waals surface area (Å²) in [5.41, 5.74) is 4.17. The van der Waals surface area contributed by atoms with Crippen molar-refractivity contribution in [3.63, 3.8) is 0 Å². The van der Waals surface area contributed by atoms with Crippen LogP contribution < -0.4 is 0 Å². The summed E-state index contributed by atoms with van der Waals surface area (Å²) in [6.07, 6.45) is 4.35. The summed E-state index contributed by atoms with van der Waals surface area (Å²) >= 11 is 0. The van der Waals surface area contributed by atoms with Gasteiger partial charge in [-0.2, -0.15) is 0 Å². The number of rotatable bonds is 2. The van der Waals surface area contributed by atoms with Gasteiger partial charge in [0.2, 0.25) is 0 Å². The van der Waals surface area contributed by atoms with Crippen LogP contribution >= 0.6 is 0 Å². The molecule has 0 nitrogen and oxygen atoms in total. The van der Waals surface area contributed by atoms with E-state index < -0.39 is 0 Å². The SMILES string of the molecule is C/C=C/C(C)c1ccc(C)cc1C. The van der Waals surface area contributed by atoms with Gasteiger partial charge in [-0.05, 0) is 37.8 Å². The zero-order chi connectivity index (χ0) is 9.84. The molecule has 0 saturated heterocycles. The van der Waals surface area contributed by atoms with Gasteiger partial charge in [0.15, 0.2) is 0 Å². The van der Waals surface area contributed by atoms with Crippen LogP contribution in [0.3, 0.4) is 0 Å². The molecule has 1 atom stereocenters. The first-order valence-electron chi connectivity index (χ1n) is 4.85. The maximum Gasteiger partial charge on any atom is -0.000792 e. The maximum atomic E-state index is 2.25. The minimum Gasteiger partial charge on any atom is -0.0911 e. The van der Waals surface area contributed by atoms with Crippen molar-refractivity contribution in [3.8, 4) is 0 Å². The fourth-order valence-corrected chi connectivity index (χ4v) is 1.73. The van der Waals surface area contributed by atoms with Crippen LogP contribution in [0.5, 0.6) is 0 Å². The highest BCUT2D eigenvalue weighted by atomic mass is 14.1. The van der Waals surface area contributed by atoms with Gasteiger partial charge < -0.3 is 0 Å². The molecule has 1 unspecified atom stereocenters. The maximum absolute atomic E-state index is 2.25. The number of aryl methyl sites for hydroxylation is 2. The number of hydrogen-bond acceptors (Lipinski definition) is 0. The molecule has 1 aromatic carbocycles. The van der Waals surface area contributed by atoms with Crippen molar-refractivity contribution in [2.45, 2.75) is 33.6 Å². The molecule has 0 aromatic heterocycles. The molecule has 0 heteroatoms. The third-order valence-corrected chi connectivity index (χ3v) is 2.40. The van der Waals surface area contributed by atoms with E-state index in [0.29, 0.717) is 5.92 Å². The van der Waals surface area contributed by atoms with E-state index in [1.165, 1.54) is 16.7 Å². The average molecular weight is 174 g/mol. The van der Waals surface area contributed by atoms with E-state index in [2.05, 4.69) is 58.0 Å². The molecular formula is C13H18. The first-order chi connectivity index (χ1) is 6.15. The van der Waals surface area contributed by atoms with Crippen molar-refractivity contribution in [1.29, 1.82) is 0 Å². The number of allylic oxidation sites excluding steroid dienone is 2. The van der Waals surface area contributed by atoms with Gasteiger partial charge in [0.05, 0.1) is 0 Å². The first kappa shape index (κ1) is 10.0. The van der Waals surface area contributed by atoms with E-state index in [9.17, 15) is 0 Å². The Morgan fingerprint density at radius 3 is 2.46 bits per heavy atom. The van der Waals surface area contributed by atoms with Crippen LogP contribution in [0.2, 0.25) is 0 Å². The summed E-state index contributed by atoms with van der Waals surface area (Å²) in [7, 11) is 0. The fraction of sp³-hybridized carbons (Fsp3) is 0.385. The summed E-state index contributed by atoms with van der Waals surface area (Å²) in [4.78, 5) is 0. The van der Waals surface area contributed by atoms with Crippen molar-refractivity contribution < 1.29 is 0 Å². The summed E-state index contributed by atoms with van der Waals surface area (Å²) in [5, 5.41) is 0. The van der Waals surface area contributed by atoms with Crippen molar-refractivity contribution in [3.05, 3.63) is 47.0 Å². The zero-order valence-corrected chi connectivity index (χ0v) is 8.96. The summed E-state index contributed by atoms with van der Waals surface area (Å²) in [6.45, 7) is 8.62. The quantitative estimate of drug-likeness (QED) is 0.595. The summed E-state index contributed by atoms with van der Waals surface area (Å²) in [5.74, 6) is 0.533. The van der Waals surface area contributed by atoms with Gasteiger partial charge >= 0.3 is 0 Å². The lowest BCUT2D eigenvalue weighted by Gasteiger charge is -2.10. The Labute approximate surface area is 81.3 Å². The number of benzene rings is 1. The first-order valence-corrected chi connectivity index (χ1v) is 4.85. The van der Waals surface area contributed by atoms with Crippen LogP contribution in [0.1, 0.15) is 36.5 Å². The van der Waals surface area contributed by atoms with Gasteiger partial charge in [-0.25, -0.2) is 0 Å².